The number of aromatic nitrogens is 2. The number of nitrogens with zero attached hydrogens (tertiary/aromatic N) is 2. The maximum absolute atomic E-state index is 10.9. The number of hydrogen-bond donors (Lipinski definition) is 1. The molecule has 0 aliphatic rings. The van der Waals surface area contributed by atoms with Crippen molar-refractivity contribution < 1.29 is 9.90 Å². The van der Waals surface area contributed by atoms with E-state index in [9.17, 15) is 4.79 Å². The molecule has 0 bridgehead atoms. The first-order chi connectivity index (χ1) is 11.0. The van der Waals surface area contributed by atoms with Crippen molar-refractivity contribution in [1.82, 2.24) is 9.38 Å². The van der Waals surface area contributed by atoms with Gasteiger partial charge in [-0.3, -0.25) is 4.40 Å². The first-order valence-corrected chi connectivity index (χ1v) is 7.57. The molecule has 1 aromatic carbocycles. The number of hydrogen-bond acceptors (Lipinski definition) is 2. The van der Waals surface area contributed by atoms with Crippen LogP contribution in [0.1, 0.15) is 11.3 Å². The van der Waals surface area contributed by atoms with E-state index in [1.165, 1.54) is 6.08 Å². The molecule has 116 valence electrons. The second-order valence-corrected chi connectivity index (χ2v) is 5.85. The van der Waals surface area contributed by atoms with Crippen molar-refractivity contribution in [1.29, 1.82) is 0 Å². The largest absolute Gasteiger partial charge is 0.478 e. The third-order valence-electron chi connectivity index (χ3n) is 3.46. The van der Waals surface area contributed by atoms with Crippen LogP contribution in [-0.4, -0.2) is 20.5 Å². The Balaban J connectivity index is 2.30. The minimum atomic E-state index is -1.02. The van der Waals surface area contributed by atoms with Crippen LogP contribution < -0.4 is 0 Å². The number of carbonyl (C=O) groups is 1. The van der Waals surface area contributed by atoms with Gasteiger partial charge in [0.2, 0.25) is 0 Å². The standard InChI is InChI=1S/C17H12Cl2N2O2/c1-10-3-2-8-21-14(6-7-15(22)23)16(20-17(10)21)11-4-5-12(18)13(19)9-11/h2-9H,1H3,(H,22,23)/b7-6+. The Hall–Kier alpha value is -2.30. The van der Waals surface area contributed by atoms with Crippen molar-refractivity contribution in [3.63, 3.8) is 0 Å². The molecule has 0 aliphatic carbocycles. The minimum absolute atomic E-state index is 0.422. The summed E-state index contributed by atoms with van der Waals surface area (Å²) in [7, 11) is 0. The fraction of sp³-hybridized carbons (Fsp3) is 0.0588. The number of rotatable bonds is 3. The number of aryl methyl sites for hydroxylation is 1. The number of carboxylic acid groups (broad SMARTS) is 1. The van der Waals surface area contributed by atoms with Crippen molar-refractivity contribution in [2.24, 2.45) is 0 Å². The van der Waals surface area contributed by atoms with Gasteiger partial charge in [0.25, 0.3) is 0 Å². The summed E-state index contributed by atoms with van der Waals surface area (Å²) < 4.78 is 1.85. The third kappa shape index (κ3) is 2.96. The molecule has 0 radical (unpaired) electrons. The number of halogens is 2. The van der Waals surface area contributed by atoms with E-state index >= 15 is 0 Å². The summed E-state index contributed by atoms with van der Waals surface area (Å²) in [5.74, 6) is -1.02. The molecule has 1 N–H and O–H groups in total. The third-order valence-corrected chi connectivity index (χ3v) is 4.20. The van der Waals surface area contributed by atoms with Crippen LogP contribution in [0, 0.1) is 6.92 Å². The monoisotopic (exact) mass is 346 g/mol. The molecule has 0 fully saturated rings. The highest BCUT2D eigenvalue weighted by Gasteiger charge is 2.14. The zero-order valence-electron chi connectivity index (χ0n) is 12.1. The lowest BCUT2D eigenvalue weighted by Gasteiger charge is -2.02. The van der Waals surface area contributed by atoms with E-state index in [1.807, 2.05) is 35.7 Å². The van der Waals surface area contributed by atoms with E-state index in [1.54, 1.807) is 12.1 Å². The van der Waals surface area contributed by atoms with Crippen LogP contribution >= 0.6 is 23.2 Å². The quantitative estimate of drug-likeness (QED) is 0.698. The number of imidazole rings is 1. The zero-order valence-corrected chi connectivity index (χ0v) is 13.6. The summed E-state index contributed by atoms with van der Waals surface area (Å²) in [6.45, 7) is 1.95. The summed E-state index contributed by atoms with van der Waals surface area (Å²) in [6, 6.07) is 9.07. The Morgan fingerprint density at radius 2 is 2.04 bits per heavy atom. The second-order valence-electron chi connectivity index (χ2n) is 5.03. The van der Waals surface area contributed by atoms with Gasteiger partial charge in [0, 0.05) is 17.8 Å². The average molecular weight is 347 g/mol. The number of aliphatic carboxylic acids is 1. The van der Waals surface area contributed by atoms with Crippen molar-refractivity contribution >= 4 is 40.9 Å². The van der Waals surface area contributed by atoms with Gasteiger partial charge in [-0.15, -0.1) is 0 Å². The fourth-order valence-electron chi connectivity index (χ4n) is 2.39. The molecular weight excluding hydrogens is 335 g/mol. The predicted octanol–water partition coefficient (Wildman–Crippen LogP) is 4.71. The molecule has 0 saturated heterocycles. The van der Waals surface area contributed by atoms with Crippen LogP contribution in [0.4, 0.5) is 0 Å². The van der Waals surface area contributed by atoms with Crippen LogP contribution in [0.25, 0.3) is 23.0 Å². The Morgan fingerprint density at radius 1 is 1.26 bits per heavy atom. The first-order valence-electron chi connectivity index (χ1n) is 6.81. The van der Waals surface area contributed by atoms with Crippen LogP contribution in [0.15, 0.2) is 42.6 Å². The van der Waals surface area contributed by atoms with Crippen LogP contribution in [-0.2, 0) is 4.79 Å². The number of benzene rings is 1. The van der Waals surface area contributed by atoms with Gasteiger partial charge in [0.15, 0.2) is 0 Å². The lowest BCUT2D eigenvalue weighted by Crippen LogP contribution is -1.91. The molecule has 0 aliphatic heterocycles. The fourth-order valence-corrected chi connectivity index (χ4v) is 2.69. The van der Waals surface area contributed by atoms with Gasteiger partial charge >= 0.3 is 5.97 Å². The normalized spacial score (nSPS) is 11.4. The molecule has 2 heterocycles. The Morgan fingerprint density at radius 3 is 2.74 bits per heavy atom. The van der Waals surface area contributed by atoms with Gasteiger partial charge in [-0.1, -0.05) is 35.3 Å². The number of fused-ring (bicyclic) bond motifs is 1. The minimum Gasteiger partial charge on any atom is -0.478 e. The van der Waals surface area contributed by atoms with Crippen molar-refractivity contribution in [2.45, 2.75) is 6.92 Å². The van der Waals surface area contributed by atoms with E-state index in [0.717, 1.165) is 22.9 Å². The van der Waals surface area contributed by atoms with Gasteiger partial charge in [-0.05, 0) is 36.8 Å². The summed E-state index contributed by atoms with van der Waals surface area (Å²) >= 11 is 12.1. The highest BCUT2D eigenvalue weighted by molar-refractivity contribution is 6.42. The van der Waals surface area contributed by atoms with Gasteiger partial charge in [-0.2, -0.15) is 0 Å². The maximum atomic E-state index is 10.9. The molecule has 3 rings (SSSR count). The van der Waals surface area contributed by atoms with Crippen molar-refractivity contribution in [3.05, 3.63) is 63.9 Å². The number of carboxylic acids is 1. The van der Waals surface area contributed by atoms with Crippen molar-refractivity contribution in [2.75, 3.05) is 0 Å². The van der Waals surface area contributed by atoms with Gasteiger partial charge in [0.1, 0.15) is 5.65 Å². The van der Waals surface area contributed by atoms with Gasteiger partial charge in [-0.25, -0.2) is 9.78 Å². The molecule has 0 saturated carbocycles. The molecule has 23 heavy (non-hydrogen) atoms. The Labute approximate surface area is 142 Å². The molecule has 6 heteroatoms. The number of pyridine rings is 1. The summed E-state index contributed by atoms with van der Waals surface area (Å²) in [4.78, 5) is 15.5. The lowest BCUT2D eigenvalue weighted by molar-refractivity contribution is -0.131. The molecule has 4 nitrogen and oxygen atoms in total. The van der Waals surface area contributed by atoms with E-state index in [-0.39, 0.29) is 0 Å². The topological polar surface area (TPSA) is 54.6 Å². The highest BCUT2D eigenvalue weighted by atomic mass is 35.5. The van der Waals surface area contributed by atoms with E-state index in [2.05, 4.69) is 4.98 Å². The van der Waals surface area contributed by atoms with Crippen molar-refractivity contribution in [3.8, 4) is 11.3 Å². The summed E-state index contributed by atoms with van der Waals surface area (Å²) in [6.07, 6.45) is 4.46. The van der Waals surface area contributed by atoms with Crippen LogP contribution in [0.2, 0.25) is 10.0 Å². The summed E-state index contributed by atoms with van der Waals surface area (Å²) in [5, 5.41) is 9.80. The molecule has 0 spiro atoms. The summed E-state index contributed by atoms with van der Waals surface area (Å²) in [5.41, 5.74) is 3.84. The van der Waals surface area contributed by atoms with E-state index in [0.29, 0.717) is 21.4 Å². The van der Waals surface area contributed by atoms with E-state index in [4.69, 9.17) is 28.3 Å². The lowest BCUT2D eigenvalue weighted by atomic mass is 10.1. The highest BCUT2D eigenvalue weighted by Crippen LogP contribution is 2.31. The van der Waals surface area contributed by atoms with Gasteiger partial charge < -0.3 is 5.11 Å². The second kappa shape index (κ2) is 6.07. The molecular formula is C17H12Cl2N2O2. The van der Waals surface area contributed by atoms with Crippen LogP contribution in [0.5, 0.6) is 0 Å². The maximum Gasteiger partial charge on any atom is 0.328 e. The van der Waals surface area contributed by atoms with Gasteiger partial charge in [0.05, 0.1) is 21.4 Å². The van der Waals surface area contributed by atoms with Crippen LogP contribution in [0.3, 0.4) is 0 Å². The zero-order chi connectivity index (χ0) is 16.6. The Bertz CT molecular complexity index is 945. The predicted molar refractivity (Wildman–Crippen MR) is 92.1 cm³/mol. The molecule has 0 amide bonds. The first kappa shape index (κ1) is 15.6. The smallest absolute Gasteiger partial charge is 0.328 e. The van der Waals surface area contributed by atoms with E-state index < -0.39 is 5.97 Å². The molecule has 3 aromatic rings. The molecule has 0 unspecified atom stereocenters. The molecule has 0 atom stereocenters. The molecule has 2 aromatic heterocycles. The Kier molecular flexibility index (Phi) is 4.11. The average Bonchev–Trinajstić information content (AvgIpc) is 2.88. The SMILES string of the molecule is Cc1cccn2c(/C=C/C(=O)O)c(-c3ccc(Cl)c(Cl)c3)nc12.